The number of nitrogens with zero attached hydrogens (tertiary/aromatic N) is 3. The van der Waals surface area contributed by atoms with E-state index in [0.29, 0.717) is 28.4 Å². The van der Waals surface area contributed by atoms with Crippen molar-refractivity contribution >= 4 is 35.2 Å². The first-order chi connectivity index (χ1) is 13.1. The Morgan fingerprint density at radius 2 is 1.93 bits per heavy atom. The summed E-state index contributed by atoms with van der Waals surface area (Å²) in [6, 6.07) is 13.5. The van der Waals surface area contributed by atoms with E-state index >= 15 is 0 Å². The van der Waals surface area contributed by atoms with E-state index in [1.807, 2.05) is 35.8 Å². The molecule has 140 valence electrons. The van der Waals surface area contributed by atoms with E-state index in [4.69, 9.17) is 11.6 Å². The fraction of sp³-hybridized carbons (Fsp3) is 0.211. The molecule has 0 aliphatic heterocycles. The molecular weight excluding hydrogens is 387 g/mol. The van der Waals surface area contributed by atoms with Gasteiger partial charge in [-0.1, -0.05) is 53.7 Å². The van der Waals surface area contributed by atoms with Gasteiger partial charge in [-0.25, -0.2) is 4.39 Å². The summed E-state index contributed by atoms with van der Waals surface area (Å²) in [6.45, 7) is 2.57. The van der Waals surface area contributed by atoms with Crippen LogP contribution in [0.25, 0.3) is 0 Å². The lowest BCUT2D eigenvalue weighted by Crippen LogP contribution is -2.18. The van der Waals surface area contributed by atoms with Crippen LogP contribution in [-0.2, 0) is 23.5 Å². The minimum absolute atomic E-state index is 0.138. The summed E-state index contributed by atoms with van der Waals surface area (Å²) >= 11 is 7.69. The van der Waals surface area contributed by atoms with Gasteiger partial charge in [-0.3, -0.25) is 14.7 Å². The predicted octanol–water partition coefficient (Wildman–Crippen LogP) is 4.56. The maximum atomic E-state index is 13.0. The van der Waals surface area contributed by atoms with Gasteiger partial charge in [-0.2, -0.15) is 0 Å². The number of benzene rings is 2. The van der Waals surface area contributed by atoms with Gasteiger partial charge in [0.1, 0.15) is 5.82 Å². The van der Waals surface area contributed by atoms with Gasteiger partial charge in [-0.15, -0.1) is 10.2 Å². The highest BCUT2D eigenvalue weighted by Gasteiger charge is 2.14. The number of hydrogen-bond acceptors (Lipinski definition) is 4. The lowest BCUT2D eigenvalue weighted by molar-refractivity contribution is -0.115. The van der Waals surface area contributed by atoms with E-state index in [0.717, 1.165) is 11.1 Å². The fourth-order valence-corrected chi connectivity index (χ4v) is 3.78. The normalized spacial score (nSPS) is 10.8. The minimum atomic E-state index is -0.329. The number of nitrogens with one attached hydrogen (secondary N) is 1. The van der Waals surface area contributed by atoms with E-state index < -0.39 is 0 Å². The van der Waals surface area contributed by atoms with Crippen molar-refractivity contribution in [1.29, 1.82) is 0 Å². The Labute approximate surface area is 166 Å². The second-order valence-corrected chi connectivity index (χ2v) is 7.13. The molecule has 0 aliphatic rings. The molecule has 0 fully saturated rings. The van der Waals surface area contributed by atoms with Crippen molar-refractivity contribution in [3.63, 3.8) is 0 Å². The first-order valence-corrected chi connectivity index (χ1v) is 9.77. The Morgan fingerprint density at radius 3 is 2.63 bits per heavy atom. The Balaban J connectivity index is 1.65. The standard InChI is InChI=1S/C19H18ClFN4OS/c1-2-25-18(22-17(26)11-13-7-9-15(21)10-8-13)23-24-19(25)27-12-14-5-3-4-6-16(14)20/h3-10H,2,11-12H2,1H3,(H,22,23,26). The quantitative estimate of drug-likeness (QED) is 0.586. The van der Waals surface area contributed by atoms with Gasteiger partial charge in [0.25, 0.3) is 0 Å². The second kappa shape index (κ2) is 9.01. The molecule has 0 radical (unpaired) electrons. The van der Waals surface area contributed by atoms with Crippen LogP contribution in [0.2, 0.25) is 5.02 Å². The van der Waals surface area contributed by atoms with Gasteiger partial charge < -0.3 is 0 Å². The highest BCUT2D eigenvalue weighted by atomic mass is 35.5. The third-order valence-corrected chi connectivity index (χ3v) is 5.26. The summed E-state index contributed by atoms with van der Waals surface area (Å²) in [6.07, 6.45) is 0.138. The van der Waals surface area contributed by atoms with Crippen molar-refractivity contribution in [1.82, 2.24) is 14.8 Å². The zero-order valence-electron chi connectivity index (χ0n) is 14.7. The van der Waals surface area contributed by atoms with Crippen LogP contribution in [0.15, 0.2) is 53.7 Å². The molecule has 3 aromatic rings. The lowest BCUT2D eigenvalue weighted by Gasteiger charge is -2.09. The first kappa shape index (κ1) is 19.4. The molecular formula is C19H18ClFN4OS. The number of anilines is 1. The van der Waals surface area contributed by atoms with Crippen LogP contribution in [-0.4, -0.2) is 20.7 Å². The minimum Gasteiger partial charge on any atom is -0.294 e. The third kappa shape index (κ3) is 5.08. The third-order valence-electron chi connectivity index (χ3n) is 3.88. The van der Waals surface area contributed by atoms with Crippen molar-refractivity contribution < 1.29 is 9.18 Å². The van der Waals surface area contributed by atoms with E-state index in [-0.39, 0.29) is 18.1 Å². The number of aromatic nitrogens is 3. The molecule has 1 amide bonds. The number of amides is 1. The van der Waals surface area contributed by atoms with E-state index in [1.54, 1.807) is 12.1 Å². The van der Waals surface area contributed by atoms with Gasteiger partial charge in [0.05, 0.1) is 6.42 Å². The van der Waals surface area contributed by atoms with Crippen LogP contribution in [0, 0.1) is 5.82 Å². The second-order valence-electron chi connectivity index (χ2n) is 5.78. The maximum absolute atomic E-state index is 13.0. The van der Waals surface area contributed by atoms with Crippen LogP contribution in [0.4, 0.5) is 10.3 Å². The largest absolute Gasteiger partial charge is 0.294 e. The molecule has 0 saturated heterocycles. The van der Waals surface area contributed by atoms with Crippen LogP contribution in [0.5, 0.6) is 0 Å². The number of hydrogen-bond donors (Lipinski definition) is 1. The Kier molecular flexibility index (Phi) is 6.47. The van der Waals surface area contributed by atoms with Gasteiger partial charge in [0, 0.05) is 17.3 Å². The molecule has 8 heteroatoms. The predicted molar refractivity (Wildman–Crippen MR) is 105 cm³/mol. The van der Waals surface area contributed by atoms with Gasteiger partial charge in [-0.05, 0) is 36.2 Å². The number of carbonyl (C=O) groups excluding carboxylic acids is 1. The molecule has 1 aromatic heterocycles. The Hall–Kier alpha value is -2.38. The molecule has 0 atom stereocenters. The number of thioether (sulfide) groups is 1. The molecule has 1 N–H and O–H groups in total. The summed E-state index contributed by atoms with van der Waals surface area (Å²) in [5.74, 6) is 0.490. The summed E-state index contributed by atoms with van der Waals surface area (Å²) < 4.78 is 14.8. The van der Waals surface area contributed by atoms with Crippen LogP contribution < -0.4 is 5.32 Å². The fourth-order valence-electron chi connectivity index (χ4n) is 2.49. The molecule has 0 saturated carbocycles. The van der Waals surface area contributed by atoms with Crippen molar-refractivity contribution in [3.05, 3.63) is 70.5 Å². The van der Waals surface area contributed by atoms with Crippen molar-refractivity contribution in [3.8, 4) is 0 Å². The maximum Gasteiger partial charge on any atom is 0.231 e. The van der Waals surface area contributed by atoms with Crippen LogP contribution >= 0.6 is 23.4 Å². The van der Waals surface area contributed by atoms with E-state index in [2.05, 4.69) is 15.5 Å². The number of rotatable bonds is 7. The molecule has 0 unspecified atom stereocenters. The van der Waals surface area contributed by atoms with Crippen LogP contribution in [0.3, 0.4) is 0 Å². The average molecular weight is 405 g/mol. The monoisotopic (exact) mass is 404 g/mol. The summed E-state index contributed by atoms with van der Waals surface area (Å²) in [4.78, 5) is 12.3. The number of carbonyl (C=O) groups is 1. The zero-order chi connectivity index (χ0) is 19.2. The topological polar surface area (TPSA) is 59.8 Å². The molecule has 0 spiro atoms. The molecule has 27 heavy (non-hydrogen) atoms. The smallest absolute Gasteiger partial charge is 0.231 e. The lowest BCUT2D eigenvalue weighted by atomic mass is 10.1. The van der Waals surface area contributed by atoms with Gasteiger partial charge >= 0.3 is 0 Å². The van der Waals surface area contributed by atoms with Crippen molar-refractivity contribution in [2.24, 2.45) is 0 Å². The molecule has 3 rings (SSSR count). The highest BCUT2D eigenvalue weighted by molar-refractivity contribution is 7.98. The zero-order valence-corrected chi connectivity index (χ0v) is 16.2. The molecule has 0 bridgehead atoms. The number of halogens is 2. The highest BCUT2D eigenvalue weighted by Crippen LogP contribution is 2.27. The average Bonchev–Trinajstić information content (AvgIpc) is 3.04. The summed E-state index contributed by atoms with van der Waals surface area (Å²) in [5.41, 5.74) is 1.74. The Morgan fingerprint density at radius 1 is 1.19 bits per heavy atom. The van der Waals surface area contributed by atoms with Gasteiger partial charge in [0.15, 0.2) is 5.16 Å². The molecule has 1 heterocycles. The Bertz CT molecular complexity index is 930. The van der Waals surface area contributed by atoms with E-state index in [1.165, 1.54) is 23.9 Å². The van der Waals surface area contributed by atoms with Crippen LogP contribution in [0.1, 0.15) is 18.1 Å². The summed E-state index contributed by atoms with van der Waals surface area (Å²) in [5, 5.41) is 12.4. The van der Waals surface area contributed by atoms with Gasteiger partial charge in [0.2, 0.25) is 11.9 Å². The van der Waals surface area contributed by atoms with Crippen molar-refractivity contribution in [2.45, 2.75) is 30.8 Å². The molecule has 2 aromatic carbocycles. The van der Waals surface area contributed by atoms with Crippen molar-refractivity contribution in [2.75, 3.05) is 5.32 Å². The molecule has 0 aliphatic carbocycles. The van der Waals surface area contributed by atoms with E-state index in [9.17, 15) is 9.18 Å². The SMILES string of the molecule is CCn1c(NC(=O)Cc2ccc(F)cc2)nnc1SCc1ccccc1Cl. The molecule has 5 nitrogen and oxygen atoms in total. The summed E-state index contributed by atoms with van der Waals surface area (Å²) in [7, 11) is 0. The first-order valence-electron chi connectivity index (χ1n) is 8.40.